The van der Waals surface area contributed by atoms with Crippen LogP contribution in [0.3, 0.4) is 0 Å². The van der Waals surface area contributed by atoms with Crippen LogP contribution in [0, 0.1) is 0 Å². The van der Waals surface area contributed by atoms with Crippen LogP contribution < -0.4 is 16.4 Å². The molecular formula is C20H22Cl2N4O3. The van der Waals surface area contributed by atoms with Gasteiger partial charge in [-0.3, -0.25) is 19.3 Å². The molecule has 4 N–H and O–H groups in total. The fourth-order valence-electron chi connectivity index (χ4n) is 2.64. The molecule has 0 heterocycles. The summed E-state index contributed by atoms with van der Waals surface area (Å²) in [7, 11) is 0. The molecule has 0 saturated heterocycles. The Morgan fingerprint density at radius 1 is 0.966 bits per heavy atom. The summed E-state index contributed by atoms with van der Waals surface area (Å²) in [5.41, 5.74) is 6.50. The van der Waals surface area contributed by atoms with Gasteiger partial charge in [0.1, 0.15) is 0 Å². The summed E-state index contributed by atoms with van der Waals surface area (Å²) in [5, 5.41) is 6.27. The zero-order valence-corrected chi connectivity index (χ0v) is 17.4. The van der Waals surface area contributed by atoms with Crippen LogP contribution in [0.2, 0.25) is 10.0 Å². The molecule has 0 atom stereocenters. The standard InChI is InChI=1S/C20H22Cl2N4O3/c1-2-9-26(12-19(28)25-17-10-14(21)5-8-16(17)22)11-18(27)24-15-6-3-13(4-7-15)20(23)29/h3-8,10H,2,9,11-12H2,1H3,(H2,23,29)(H,24,27)(H,25,28). The first-order valence-electron chi connectivity index (χ1n) is 8.95. The molecule has 154 valence electrons. The fourth-order valence-corrected chi connectivity index (χ4v) is 2.97. The summed E-state index contributed by atoms with van der Waals surface area (Å²) in [4.78, 5) is 37.5. The number of nitrogens with zero attached hydrogens (tertiary/aromatic N) is 1. The van der Waals surface area contributed by atoms with E-state index in [0.717, 1.165) is 6.42 Å². The second kappa shape index (κ2) is 10.8. The average Bonchev–Trinajstić information content (AvgIpc) is 2.65. The molecule has 0 bridgehead atoms. The maximum atomic E-state index is 12.4. The lowest BCUT2D eigenvalue weighted by molar-refractivity contribution is -0.120. The van der Waals surface area contributed by atoms with Crippen molar-refractivity contribution in [3.8, 4) is 0 Å². The molecule has 0 aliphatic rings. The second-order valence-corrected chi connectivity index (χ2v) is 7.22. The minimum absolute atomic E-state index is 0.0186. The molecule has 3 amide bonds. The summed E-state index contributed by atoms with van der Waals surface area (Å²) in [6.45, 7) is 2.57. The molecule has 0 aromatic heterocycles. The van der Waals surface area contributed by atoms with Crippen molar-refractivity contribution in [2.75, 3.05) is 30.3 Å². The van der Waals surface area contributed by atoms with Crippen LogP contribution in [0.1, 0.15) is 23.7 Å². The van der Waals surface area contributed by atoms with E-state index in [1.165, 1.54) is 12.1 Å². The van der Waals surface area contributed by atoms with E-state index in [-0.39, 0.29) is 24.9 Å². The van der Waals surface area contributed by atoms with Gasteiger partial charge < -0.3 is 16.4 Å². The van der Waals surface area contributed by atoms with Gasteiger partial charge in [-0.25, -0.2) is 0 Å². The average molecular weight is 437 g/mol. The first-order valence-corrected chi connectivity index (χ1v) is 9.71. The number of anilines is 2. The zero-order valence-electron chi connectivity index (χ0n) is 15.9. The minimum atomic E-state index is -0.539. The first-order chi connectivity index (χ1) is 13.8. The molecule has 2 rings (SSSR count). The van der Waals surface area contributed by atoms with Crippen molar-refractivity contribution in [3.05, 3.63) is 58.1 Å². The van der Waals surface area contributed by atoms with E-state index < -0.39 is 5.91 Å². The molecule has 0 radical (unpaired) electrons. The van der Waals surface area contributed by atoms with E-state index in [1.54, 1.807) is 35.2 Å². The van der Waals surface area contributed by atoms with Crippen LogP contribution in [0.15, 0.2) is 42.5 Å². The summed E-state index contributed by atoms with van der Waals surface area (Å²) in [6, 6.07) is 11.0. The zero-order chi connectivity index (χ0) is 21.4. The number of nitrogens with one attached hydrogen (secondary N) is 2. The number of carbonyl (C=O) groups is 3. The van der Waals surface area contributed by atoms with Crippen LogP contribution >= 0.6 is 23.2 Å². The Morgan fingerprint density at radius 2 is 1.59 bits per heavy atom. The highest BCUT2D eigenvalue weighted by Crippen LogP contribution is 2.25. The summed E-state index contributed by atoms with van der Waals surface area (Å²) in [5.74, 6) is -1.12. The fraction of sp³-hybridized carbons (Fsp3) is 0.250. The predicted octanol–water partition coefficient (Wildman–Crippen LogP) is 3.38. The molecule has 0 aliphatic heterocycles. The van der Waals surface area contributed by atoms with Crippen molar-refractivity contribution in [1.82, 2.24) is 4.90 Å². The van der Waals surface area contributed by atoms with Gasteiger partial charge in [-0.15, -0.1) is 0 Å². The summed E-state index contributed by atoms with van der Waals surface area (Å²) < 4.78 is 0. The number of carbonyl (C=O) groups excluding carboxylic acids is 3. The van der Waals surface area contributed by atoms with Crippen LogP contribution in [-0.4, -0.2) is 42.3 Å². The topological polar surface area (TPSA) is 105 Å². The summed E-state index contributed by atoms with van der Waals surface area (Å²) >= 11 is 12.0. The van der Waals surface area contributed by atoms with E-state index >= 15 is 0 Å². The van der Waals surface area contributed by atoms with Crippen molar-refractivity contribution < 1.29 is 14.4 Å². The number of nitrogens with two attached hydrogens (primary N) is 1. The van der Waals surface area contributed by atoms with Gasteiger partial charge in [0, 0.05) is 16.3 Å². The SMILES string of the molecule is CCCN(CC(=O)Nc1ccc(C(N)=O)cc1)CC(=O)Nc1cc(Cl)ccc1Cl. The van der Waals surface area contributed by atoms with E-state index in [2.05, 4.69) is 10.6 Å². The van der Waals surface area contributed by atoms with Crippen molar-refractivity contribution in [2.45, 2.75) is 13.3 Å². The third kappa shape index (κ3) is 7.38. The molecular weight excluding hydrogens is 415 g/mol. The molecule has 0 saturated carbocycles. The molecule has 7 nitrogen and oxygen atoms in total. The Labute approximate surface area is 179 Å². The Kier molecular flexibility index (Phi) is 8.45. The maximum Gasteiger partial charge on any atom is 0.248 e. The minimum Gasteiger partial charge on any atom is -0.366 e. The van der Waals surface area contributed by atoms with Gasteiger partial charge in [-0.05, 0) is 55.4 Å². The van der Waals surface area contributed by atoms with Crippen LogP contribution in [0.4, 0.5) is 11.4 Å². The number of halogens is 2. The molecule has 0 fully saturated rings. The van der Waals surface area contributed by atoms with Crippen molar-refractivity contribution >= 4 is 52.3 Å². The molecule has 0 aliphatic carbocycles. The highest BCUT2D eigenvalue weighted by atomic mass is 35.5. The highest BCUT2D eigenvalue weighted by molar-refractivity contribution is 6.35. The molecule has 0 unspecified atom stereocenters. The Balaban J connectivity index is 1.94. The smallest absolute Gasteiger partial charge is 0.248 e. The van der Waals surface area contributed by atoms with Crippen molar-refractivity contribution in [1.29, 1.82) is 0 Å². The second-order valence-electron chi connectivity index (χ2n) is 6.37. The largest absolute Gasteiger partial charge is 0.366 e. The number of hydrogen-bond donors (Lipinski definition) is 3. The number of benzene rings is 2. The monoisotopic (exact) mass is 436 g/mol. The third-order valence-electron chi connectivity index (χ3n) is 3.93. The van der Waals surface area contributed by atoms with Gasteiger partial charge in [-0.1, -0.05) is 30.1 Å². The van der Waals surface area contributed by atoms with E-state index in [0.29, 0.717) is 33.5 Å². The number of primary amides is 1. The normalized spacial score (nSPS) is 10.6. The quantitative estimate of drug-likeness (QED) is 0.560. The van der Waals surface area contributed by atoms with Crippen LogP contribution in [0.25, 0.3) is 0 Å². The highest BCUT2D eigenvalue weighted by Gasteiger charge is 2.15. The molecule has 29 heavy (non-hydrogen) atoms. The number of rotatable bonds is 9. The van der Waals surface area contributed by atoms with Gasteiger partial charge in [0.15, 0.2) is 0 Å². The Hall–Kier alpha value is -2.61. The van der Waals surface area contributed by atoms with Crippen LogP contribution in [0.5, 0.6) is 0 Å². The van der Waals surface area contributed by atoms with E-state index in [1.807, 2.05) is 6.92 Å². The molecule has 9 heteroatoms. The van der Waals surface area contributed by atoms with E-state index in [4.69, 9.17) is 28.9 Å². The lowest BCUT2D eigenvalue weighted by Gasteiger charge is -2.21. The number of amides is 3. The summed E-state index contributed by atoms with van der Waals surface area (Å²) in [6.07, 6.45) is 0.770. The lowest BCUT2D eigenvalue weighted by atomic mass is 10.2. The molecule has 2 aromatic carbocycles. The van der Waals surface area contributed by atoms with Gasteiger partial charge >= 0.3 is 0 Å². The maximum absolute atomic E-state index is 12.4. The predicted molar refractivity (Wildman–Crippen MR) is 115 cm³/mol. The van der Waals surface area contributed by atoms with Crippen LogP contribution in [-0.2, 0) is 9.59 Å². The molecule has 2 aromatic rings. The first kappa shape index (κ1) is 22.7. The lowest BCUT2D eigenvalue weighted by Crippen LogP contribution is -2.39. The van der Waals surface area contributed by atoms with Crippen molar-refractivity contribution in [2.24, 2.45) is 5.73 Å². The third-order valence-corrected chi connectivity index (χ3v) is 4.49. The Bertz CT molecular complexity index is 888. The van der Waals surface area contributed by atoms with E-state index in [9.17, 15) is 14.4 Å². The Morgan fingerprint density at radius 3 is 2.17 bits per heavy atom. The van der Waals surface area contributed by atoms with Gasteiger partial charge in [0.05, 0.1) is 23.8 Å². The van der Waals surface area contributed by atoms with Gasteiger partial charge in [0.2, 0.25) is 17.7 Å². The number of hydrogen-bond acceptors (Lipinski definition) is 4. The van der Waals surface area contributed by atoms with Gasteiger partial charge in [0.25, 0.3) is 0 Å². The van der Waals surface area contributed by atoms with Crippen molar-refractivity contribution in [3.63, 3.8) is 0 Å². The van der Waals surface area contributed by atoms with Gasteiger partial charge in [-0.2, -0.15) is 0 Å². The molecule has 0 spiro atoms.